The Labute approximate surface area is 130 Å². The smallest absolute Gasteiger partial charge is 0.0774 e. The predicted octanol–water partition coefficient (Wildman–Crippen LogP) is 4.64. The number of nitrogens with one attached hydrogen (secondary N) is 1. The summed E-state index contributed by atoms with van der Waals surface area (Å²) in [6, 6.07) is 9.53. The third kappa shape index (κ3) is 4.82. The fourth-order valence-electron chi connectivity index (χ4n) is 3.12. The third-order valence-electron chi connectivity index (χ3n) is 4.41. The summed E-state index contributed by atoms with van der Waals surface area (Å²) in [6.07, 6.45) is 7.98. The van der Waals surface area contributed by atoms with E-state index in [9.17, 15) is 0 Å². The number of unbranched alkanes of at least 4 members (excludes halogenated alkanes) is 1. The Morgan fingerprint density at radius 2 is 1.90 bits per heavy atom. The van der Waals surface area contributed by atoms with Gasteiger partial charge in [0.25, 0.3) is 0 Å². The summed E-state index contributed by atoms with van der Waals surface area (Å²) in [5.74, 6) is 0. The van der Waals surface area contributed by atoms with Crippen LogP contribution in [0.3, 0.4) is 0 Å². The van der Waals surface area contributed by atoms with Gasteiger partial charge in [0.15, 0.2) is 0 Å². The summed E-state index contributed by atoms with van der Waals surface area (Å²) in [5, 5.41) is 3.69. The van der Waals surface area contributed by atoms with Gasteiger partial charge in [0.1, 0.15) is 0 Å². The van der Waals surface area contributed by atoms with E-state index in [0.717, 1.165) is 13.0 Å². The van der Waals surface area contributed by atoms with Crippen LogP contribution in [0.4, 0.5) is 0 Å². The molecule has 1 fully saturated rings. The molecule has 1 aromatic carbocycles. The first-order valence-corrected chi connectivity index (χ1v) is 8.72. The first-order valence-electron chi connectivity index (χ1n) is 8.72. The lowest BCUT2D eigenvalue weighted by molar-refractivity contribution is 0.0316. The molecule has 0 aliphatic carbocycles. The largest absolute Gasteiger partial charge is 0.373 e. The minimum Gasteiger partial charge on any atom is -0.373 e. The molecule has 1 heterocycles. The highest BCUT2D eigenvalue weighted by atomic mass is 16.5. The zero-order chi connectivity index (χ0) is 15.1. The number of ether oxygens (including phenoxy) is 1. The molecule has 21 heavy (non-hydrogen) atoms. The molecule has 0 saturated carbocycles. The maximum Gasteiger partial charge on any atom is 0.0774 e. The van der Waals surface area contributed by atoms with Crippen LogP contribution < -0.4 is 5.32 Å². The Bertz CT molecular complexity index is 401. The van der Waals surface area contributed by atoms with Crippen LogP contribution in [0.5, 0.6) is 0 Å². The molecule has 1 saturated heterocycles. The fraction of sp³-hybridized carbons (Fsp3) is 0.684. The van der Waals surface area contributed by atoms with Crippen LogP contribution in [-0.4, -0.2) is 18.8 Å². The van der Waals surface area contributed by atoms with E-state index >= 15 is 0 Å². The maximum absolute atomic E-state index is 6.11. The molecule has 0 amide bonds. The quantitative estimate of drug-likeness (QED) is 0.753. The lowest BCUT2D eigenvalue weighted by Gasteiger charge is -2.25. The van der Waals surface area contributed by atoms with Gasteiger partial charge in [-0.1, -0.05) is 44.5 Å². The molecule has 2 rings (SSSR count). The molecule has 0 spiro atoms. The van der Waals surface area contributed by atoms with Crippen molar-refractivity contribution >= 4 is 0 Å². The second-order valence-corrected chi connectivity index (χ2v) is 6.34. The zero-order valence-corrected chi connectivity index (χ0v) is 13.9. The monoisotopic (exact) mass is 289 g/mol. The Balaban J connectivity index is 2.04. The lowest BCUT2D eigenvalue weighted by atomic mass is 9.97. The van der Waals surface area contributed by atoms with Crippen LogP contribution in [-0.2, 0) is 11.2 Å². The van der Waals surface area contributed by atoms with Crippen LogP contribution in [0.15, 0.2) is 24.3 Å². The minimum absolute atomic E-state index is 0.327. The van der Waals surface area contributed by atoms with Crippen molar-refractivity contribution in [2.45, 2.75) is 77.5 Å². The molecule has 118 valence electrons. The van der Waals surface area contributed by atoms with Crippen LogP contribution in [0.2, 0.25) is 0 Å². The maximum atomic E-state index is 6.11. The standard InChI is InChI=1S/C19H31NO/c1-4-6-7-16-9-11-17(12-10-16)19(20-14-5-2)18-13-8-15(3)21-18/h9-12,15,18-20H,4-8,13-14H2,1-3H3. The van der Waals surface area contributed by atoms with Crippen LogP contribution in [0, 0.1) is 0 Å². The molecular formula is C19H31NO. The van der Waals surface area contributed by atoms with Crippen molar-refractivity contribution in [2.75, 3.05) is 6.54 Å². The molecule has 0 aromatic heterocycles. The zero-order valence-electron chi connectivity index (χ0n) is 13.9. The molecule has 1 aliphatic heterocycles. The number of hydrogen-bond acceptors (Lipinski definition) is 2. The van der Waals surface area contributed by atoms with Crippen molar-refractivity contribution in [3.05, 3.63) is 35.4 Å². The first kappa shape index (κ1) is 16.5. The topological polar surface area (TPSA) is 21.3 Å². The molecule has 0 bridgehead atoms. The molecule has 0 radical (unpaired) electrons. The normalized spacial score (nSPS) is 23.4. The molecule has 2 nitrogen and oxygen atoms in total. The van der Waals surface area contributed by atoms with E-state index < -0.39 is 0 Å². The number of hydrogen-bond donors (Lipinski definition) is 1. The highest BCUT2D eigenvalue weighted by Crippen LogP contribution is 2.30. The summed E-state index contributed by atoms with van der Waals surface area (Å²) in [7, 11) is 0. The van der Waals surface area contributed by atoms with Crippen LogP contribution in [0.1, 0.15) is 70.0 Å². The Hall–Kier alpha value is -0.860. The van der Waals surface area contributed by atoms with E-state index in [1.165, 1.54) is 43.2 Å². The number of aryl methyl sites for hydroxylation is 1. The van der Waals surface area contributed by atoms with Crippen molar-refractivity contribution in [1.82, 2.24) is 5.32 Å². The van der Waals surface area contributed by atoms with Crippen molar-refractivity contribution in [1.29, 1.82) is 0 Å². The third-order valence-corrected chi connectivity index (χ3v) is 4.41. The Kier molecular flexibility index (Phi) is 6.72. The second kappa shape index (κ2) is 8.55. The molecule has 2 heteroatoms. The predicted molar refractivity (Wildman–Crippen MR) is 89.7 cm³/mol. The van der Waals surface area contributed by atoms with Gasteiger partial charge in [0.05, 0.1) is 18.2 Å². The fourth-order valence-corrected chi connectivity index (χ4v) is 3.12. The number of benzene rings is 1. The summed E-state index contributed by atoms with van der Waals surface area (Å²) >= 11 is 0. The SMILES string of the molecule is CCCCc1ccc(C(NCCC)C2CCC(C)O2)cc1. The van der Waals surface area contributed by atoms with Crippen LogP contribution >= 0.6 is 0 Å². The van der Waals surface area contributed by atoms with Gasteiger partial charge in [-0.15, -0.1) is 0 Å². The van der Waals surface area contributed by atoms with E-state index in [0.29, 0.717) is 18.2 Å². The van der Waals surface area contributed by atoms with E-state index in [2.05, 4.69) is 50.4 Å². The highest BCUT2D eigenvalue weighted by molar-refractivity contribution is 5.26. The highest BCUT2D eigenvalue weighted by Gasteiger charge is 2.30. The minimum atomic E-state index is 0.327. The van der Waals surface area contributed by atoms with E-state index in [4.69, 9.17) is 4.74 Å². The number of rotatable bonds is 8. The Morgan fingerprint density at radius 1 is 1.14 bits per heavy atom. The Morgan fingerprint density at radius 3 is 2.48 bits per heavy atom. The van der Waals surface area contributed by atoms with Gasteiger partial charge in [-0.3, -0.25) is 0 Å². The lowest BCUT2D eigenvalue weighted by Crippen LogP contribution is -2.32. The average Bonchev–Trinajstić information content (AvgIpc) is 2.93. The van der Waals surface area contributed by atoms with Crippen molar-refractivity contribution < 1.29 is 4.74 Å². The average molecular weight is 289 g/mol. The van der Waals surface area contributed by atoms with Crippen molar-refractivity contribution in [2.24, 2.45) is 0 Å². The molecule has 1 N–H and O–H groups in total. The summed E-state index contributed by atoms with van der Waals surface area (Å²) in [4.78, 5) is 0. The van der Waals surface area contributed by atoms with Gasteiger partial charge in [-0.25, -0.2) is 0 Å². The van der Waals surface area contributed by atoms with Gasteiger partial charge >= 0.3 is 0 Å². The molecule has 3 atom stereocenters. The van der Waals surface area contributed by atoms with Crippen molar-refractivity contribution in [3.63, 3.8) is 0 Å². The van der Waals surface area contributed by atoms with E-state index in [1.54, 1.807) is 0 Å². The summed E-state index contributed by atoms with van der Waals surface area (Å²) in [6.45, 7) is 7.70. The van der Waals surface area contributed by atoms with E-state index in [-0.39, 0.29) is 0 Å². The summed E-state index contributed by atoms with van der Waals surface area (Å²) < 4.78 is 6.11. The molecule has 3 unspecified atom stereocenters. The van der Waals surface area contributed by atoms with Gasteiger partial charge in [0, 0.05) is 0 Å². The van der Waals surface area contributed by atoms with Gasteiger partial charge in [0.2, 0.25) is 0 Å². The van der Waals surface area contributed by atoms with Crippen LogP contribution in [0.25, 0.3) is 0 Å². The van der Waals surface area contributed by atoms with Gasteiger partial charge < -0.3 is 10.1 Å². The molecule has 1 aromatic rings. The summed E-state index contributed by atoms with van der Waals surface area (Å²) in [5.41, 5.74) is 2.83. The molecule has 1 aliphatic rings. The van der Waals surface area contributed by atoms with Gasteiger partial charge in [-0.05, 0) is 56.7 Å². The second-order valence-electron chi connectivity index (χ2n) is 6.34. The van der Waals surface area contributed by atoms with E-state index in [1.807, 2.05) is 0 Å². The van der Waals surface area contributed by atoms with Gasteiger partial charge in [-0.2, -0.15) is 0 Å². The van der Waals surface area contributed by atoms with Crippen molar-refractivity contribution in [3.8, 4) is 0 Å². The first-order chi connectivity index (χ1) is 10.2. The molecular weight excluding hydrogens is 258 g/mol.